The number of nitrogens with one attached hydrogen (secondary N) is 1. The molecular formula is C14H12FN3O. The Hall–Kier alpha value is -2.19. The van der Waals surface area contributed by atoms with E-state index in [4.69, 9.17) is 4.74 Å². The lowest BCUT2D eigenvalue weighted by atomic mass is 9.87. The molecule has 1 aliphatic rings. The Balaban J connectivity index is 1.97. The molecule has 0 radical (unpaired) electrons. The number of hydrogen-bond acceptors (Lipinski definition) is 3. The minimum Gasteiger partial charge on any atom is -0.377 e. The Morgan fingerprint density at radius 3 is 2.84 bits per heavy atom. The van der Waals surface area contributed by atoms with E-state index in [1.807, 2.05) is 0 Å². The largest absolute Gasteiger partial charge is 0.377 e. The summed E-state index contributed by atoms with van der Waals surface area (Å²) in [6.45, 7) is 2.43. The molecule has 1 saturated heterocycles. The number of ether oxygens (including phenoxy) is 1. The minimum absolute atomic E-state index is 0.232. The molecule has 1 aromatic heterocycles. The number of halogens is 1. The molecule has 0 atom stereocenters. The van der Waals surface area contributed by atoms with Crippen LogP contribution in [-0.4, -0.2) is 23.2 Å². The molecule has 4 nitrogen and oxygen atoms in total. The number of aromatic amines is 1. The monoisotopic (exact) mass is 257 g/mol. The third-order valence-electron chi connectivity index (χ3n) is 3.41. The topological polar surface area (TPSA) is 61.7 Å². The molecule has 0 amide bonds. The van der Waals surface area contributed by atoms with Crippen LogP contribution >= 0.6 is 0 Å². The van der Waals surface area contributed by atoms with Gasteiger partial charge in [0, 0.05) is 5.56 Å². The van der Waals surface area contributed by atoms with Gasteiger partial charge in [0.1, 0.15) is 11.6 Å². The van der Waals surface area contributed by atoms with Crippen molar-refractivity contribution in [2.75, 3.05) is 13.2 Å². The normalized spacial score (nSPS) is 16.7. The molecule has 2 heterocycles. The lowest BCUT2D eigenvalue weighted by Crippen LogP contribution is -2.46. The van der Waals surface area contributed by atoms with Crippen LogP contribution in [0.4, 0.5) is 4.39 Å². The fraction of sp³-hybridized carbons (Fsp3) is 0.286. The standard InChI is InChI=1S/C14H12FN3O/c1-9-4-10(2-3-11(9)15)12-5-17-13(18-12)14(6-16)7-19-8-14/h2-5H,7-8H2,1H3,(H,17,18). The Bertz CT molecular complexity index is 668. The van der Waals surface area contributed by atoms with E-state index in [0.717, 1.165) is 11.3 Å². The zero-order valence-corrected chi connectivity index (χ0v) is 10.4. The summed E-state index contributed by atoms with van der Waals surface area (Å²) < 4.78 is 18.3. The fourth-order valence-electron chi connectivity index (χ4n) is 2.08. The van der Waals surface area contributed by atoms with Gasteiger partial charge in [-0.1, -0.05) is 0 Å². The average Bonchev–Trinajstić information content (AvgIpc) is 2.82. The molecule has 2 aromatic rings. The lowest BCUT2D eigenvalue weighted by Gasteiger charge is -2.32. The van der Waals surface area contributed by atoms with Crippen molar-refractivity contribution in [3.05, 3.63) is 41.6 Å². The molecule has 1 aromatic carbocycles. The Morgan fingerprint density at radius 2 is 2.26 bits per heavy atom. The zero-order chi connectivity index (χ0) is 13.5. The van der Waals surface area contributed by atoms with Crippen LogP contribution in [0.3, 0.4) is 0 Å². The number of imidazole rings is 1. The summed E-state index contributed by atoms with van der Waals surface area (Å²) in [4.78, 5) is 7.39. The number of nitrogens with zero attached hydrogens (tertiary/aromatic N) is 2. The van der Waals surface area contributed by atoms with Gasteiger partial charge in [-0.25, -0.2) is 9.37 Å². The van der Waals surface area contributed by atoms with Crippen LogP contribution in [0.25, 0.3) is 11.3 Å². The van der Waals surface area contributed by atoms with Crippen molar-refractivity contribution in [2.24, 2.45) is 0 Å². The number of benzene rings is 1. The molecule has 3 rings (SSSR count). The second kappa shape index (κ2) is 4.18. The van der Waals surface area contributed by atoms with Gasteiger partial charge in [-0.2, -0.15) is 5.26 Å². The summed E-state index contributed by atoms with van der Waals surface area (Å²) >= 11 is 0. The highest BCUT2D eigenvalue weighted by Gasteiger charge is 2.43. The SMILES string of the molecule is Cc1cc(-c2cnc(C3(C#N)COC3)[nH]2)ccc1F. The molecule has 0 aliphatic carbocycles. The number of aromatic nitrogens is 2. The highest BCUT2D eigenvalue weighted by Crippen LogP contribution is 2.31. The van der Waals surface area contributed by atoms with Crippen molar-refractivity contribution in [2.45, 2.75) is 12.3 Å². The Labute approximate surface area is 109 Å². The number of nitriles is 1. The van der Waals surface area contributed by atoms with Crippen LogP contribution in [0, 0.1) is 24.1 Å². The molecule has 1 fully saturated rings. The molecule has 1 N–H and O–H groups in total. The first-order chi connectivity index (χ1) is 9.14. The Kier molecular flexibility index (Phi) is 2.61. The molecule has 0 spiro atoms. The van der Waals surface area contributed by atoms with Crippen molar-refractivity contribution in [3.8, 4) is 17.3 Å². The van der Waals surface area contributed by atoms with Crippen LogP contribution < -0.4 is 0 Å². The highest BCUT2D eigenvalue weighted by molar-refractivity contribution is 5.60. The van der Waals surface area contributed by atoms with Gasteiger partial charge in [-0.15, -0.1) is 0 Å². The third kappa shape index (κ3) is 1.81. The second-order valence-corrected chi connectivity index (χ2v) is 4.80. The predicted octanol–water partition coefficient (Wildman–Crippen LogP) is 2.32. The van der Waals surface area contributed by atoms with E-state index in [1.165, 1.54) is 6.07 Å². The third-order valence-corrected chi connectivity index (χ3v) is 3.41. The van der Waals surface area contributed by atoms with Gasteiger partial charge in [0.15, 0.2) is 5.41 Å². The molecule has 1 aliphatic heterocycles. The summed E-state index contributed by atoms with van der Waals surface area (Å²) in [5, 5.41) is 9.21. The van der Waals surface area contributed by atoms with E-state index in [2.05, 4.69) is 16.0 Å². The van der Waals surface area contributed by atoms with Crippen molar-refractivity contribution in [1.29, 1.82) is 5.26 Å². The molecule has 96 valence electrons. The number of H-pyrrole nitrogens is 1. The van der Waals surface area contributed by atoms with Gasteiger partial charge >= 0.3 is 0 Å². The number of aryl methyl sites for hydroxylation is 1. The molecule has 19 heavy (non-hydrogen) atoms. The van der Waals surface area contributed by atoms with Crippen molar-refractivity contribution in [3.63, 3.8) is 0 Å². The summed E-state index contributed by atoms with van der Waals surface area (Å²) in [5.41, 5.74) is 1.55. The zero-order valence-electron chi connectivity index (χ0n) is 10.4. The van der Waals surface area contributed by atoms with Crippen molar-refractivity contribution >= 4 is 0 Å². The van der Waals surface area contributed by atoms with Gasteiger partial charge in [-0.3, -0.25) is 0 Å². The maximum atomic E-state index is 13.2. The van der Waals surface area contributed by atoms with E-state index >= 15 is 0 Å². The Morgan fingerprint density at radius 1 is 1.47 bits per heavy atom. The molecule has 0 unspecified atom stereocenters. The number of hydrogen-bond donors (Lipinski definition) is 1. The molecule has 0 bridgehead atoms. The van der Waals surface area contributed by atoms with E-state index in [9.17, 15) is 9.65 Å². The predicted molar refractivity (Wildman–Crippen MR) is 66.8 cm³/mol. The first-order valence-electron chi connectivity index (χ1n) is 5.96. The molecule has 5 heteroatoms. The maximum Gasteiger partial charge on any atom is 0.161 e. The minimum atomic E-state index is -0.659. The van der Waals surface area contributed by atoms with Crippen LogP contribution in [0.15, 0.2) is 24.4 Å². The maximum absolute atomic E-state index is 13.2. The smallest absolute Gasteiger partial charge is 0.161 e. The van der Waals surface area contributed by atoms with Gasteiger partial charge in [0.2, 0.25) is 0 Å². The van der Waals surface area contributed by atoms with Crippen LogP contribution in [0.5, 0.6) is 0 Å². The van der Waals surface area contributed by atoms with Crippen LogP contribution in [0.2, 0.25) is 0 Å². The van der Waals surface area contributed by atoms with E-state index in [-0.39, 0.29) is 5.82 Å². The second-order valence-electron chi connectivity index (χ2n) is 4.80. The van der Waals surface area contributed by atoms with Gasteiger partial charge in [-0.05, 0) is 30.7 Å². The summed E-state index contributed by atoms with van der Waals surface area (Å²) in [6, 6.07) is 7.11. The van der Waals surface area contributed by atoms with Crippen LogP contribution in [0.1, 0.15) is 11.4 Å². The van der Waals surface area contributed by atoms with E-state index in [1.54, 1.807) is 25.3 Å². The number of rotatable bonds is 2. The van der Waals surface area contributed by atoms with Gasteiger partial charge < -0.3 is 9.72 Å². The van der Waals surface area contributed by atoms with Crippen molar-refractivity contribution in [1.82, 2.24) is 9.97 Å². The van der Waals surface area contributed by atoms with Gasteiger partial charge in [0.05, 0.1) is 31.2 Å². The summed E-state index contributed by atoms with van der Waals surface area (Å²) in [6.07, 6.45) is 1.67. The fourth-order valence-corrected chi connectivity index (χ4v) is 2.08. The van der Waals surface area contributed by atoms with E-state index < -0.39 is 5.41 Å². The summed E-state index contributed by atoms with van der Waals surface area (Å²) in [7, 11) is 0. The van der Waals surface area contributed by atoms with Gasteiger partial charge in [0.25, 0.3) is 0 Å². The lowest BCUT2D eigenvalue weighted by molar-refractivity contribution is -0.0335. The quantitative estimate of drug-likeness (QED) is 0.898. The average molecular weight is 257 g/mol. The summed E-state index contributed by atoms with van der Waals surface area (Å²) in [5.74, 6) is 0.377. The first kappa shape index (κ1) is 11.9. The molecular weight excluding hydrogens is 245 g/mol. The van der Waals surface area contributed by atoms with Crippen LogP contribution in [-0.2, 0) is 10.2 Å². The van der Waals surface area contributed by atoms with Crippen molar-refractivity contribution < 1.29 is 9.13 Å². The highest BCUT2D eigenvalue weighted by atomic mass is 19.1. The first-order valence-corrected chi connectivity index (χ1v) is 5.96. The van der Waals surface area contributed by atoms with E-state index in [0.29, 0.717) is 24.6 Å². The molecule has 0 saturated carbocycles.